The number of carbonyl (C=O) groups is 1. The molecule has 0 saturated heterocycles. The van der Waals surface area contributed by atoms with E-state index >= 15 is 0 Å². The van der Waals surface area contributed by atoms with Crippen molar-refractivity contribution in [3.8, 4) is 5.75 Å². The van der Waals surface area contributed by atoms with Crippen LogP contribution < -0.4 is 10.1 Å². The summed E-state index contributed by atoms with van der Waals surface area (Å²) in [6.07, 6.45) is 0.380. The second kappa shape index (κ2) is 9.38. The van der Waals surface area contributed by atoms with Gasteiger partial charge in [-0.15, -0.1) is 0 Å². The Morgan fingerprint density at radius 2 is 1.77 bits per heavy atom. The van der Waals surface area contributed by atoms with E-state index in [4.69, 9.17) is 4.74 Å². The Balaban J connectivity index is 1.67. The lowest BCUT2D eigenvalue weighted by Crippen LogP contribution is -2.30. The molecule has 5 nitrogen and oxygen atoms in total. The van der Waals surface area contributed by atoms with Crippen LogP contribution in [-0.2, 0) is 20.4 Å². The van der Waals surface area contributed by atoms with Crippen molar-refractivity contribution in [3.63, 3.8) is 0 Å². The van der Waals surface area contributed by atoms with E-state index in [-0.39, 0.29) is 24.0 Å². The Hall–Kier alpha value is -2.34. The quantitative estimate of drug-likeness (QED) is 0.684. The minimum Gasteiger partial charge on any atom is -0.484 e. The molecule has 1 N–H and O–H groups in total. The van der Waals surface area contributed by atoms with Crippen LogP contribution in [0.4, 0.5) is 0 Å². The van der Waals surface area contributed by atoms with Crippen LogP contribution in [0, 0.1) is 13.8 Å². The fourth-order valence-corrected chi connectivity index (χ4v) is 3.85. The van der Waals surface area contributed by atoms with E-state index in [0.717, 1.165) is 11.1 Å². The van der Waals surface area contributed by atoms with Gasteiger partial charge in [-0.3, -0.25) is 4.79 Å². The maximum absolute atomic E-state index is 12.1. The highest BCUT2D eigenvalue weighted by Gasteiger charge is 2.12. The first-order valence-electron chi connectivity index (χ1n) is 8.57. The van der Waals surface area contributed by atoms with Gasteiger partial charge < -0.3 is 10.1 Å². The Morgan fingerprint density at radius 3 is 2.46 bits per heavy atom. The first-order valence-corrected chi connectivity index (χ1v) is 10.4. The Bertz CT molecular complexity index is 832. The van der Waals surface area contributed by atoms with E-state index in [9.17, 15) is 13.2 Å². The summed E-state index contributed by atoms with van der Waals surface area (Å²) in [6, 6.07) is 14.7. The molecule has 0 unspecified atom stereocenters. The summed E-state index contributed by atoms with van der Waals surface area (Å²) in [5.74, 6) is 0.454. The number of hydrogen-bond acceptors (Lipinski definition) is 4. The highest BCUT2D eigenvalue weighted by atomic mass is 32.2. The van der Waals surface area contributed by atoms with E-state index in [0.29, 0.717) is 18.7 Å². The first kappa shape index (κ1) is 20.0. The molecule has 6 heteroatoms. The molecule has 0 spiro atoms. The van der Waals surface area contributed by atoms with Crippen LogP contribution in [0.5, 0.6) is 5.75 Å². The molecular formula is C20H25NO4S. The Labute approximate surface area is 155 Å². The zero-order valence-electron chi connectivity index (χ0n) is 15.2. The number of ether oxygens (including phenoxy) is 1. The molecule has 2 aromatic carbocycles. The zero-order valence-corrected chi connectivity index (χ0v) is 16.0. The molecule has 0 aliphatic rings. The highest BCUT2D eigenvalue weighted by molar-refractivity contribution is 7.90. The number of rotatable bonds is 9. The number of amides is 1. The highest BCUT2D eigenvalue weighted by Crippen LogP contribution is 2.16. The Kier molecular flexibility index (Phi) is 7.21. The number of hydrogen-bond donors (Lipinski definition) is 1. The molecule has 0 aromatic heterocycles. The lowest BCUT2D eigenvalue weighted by Gasteiger charge is -2.09. The van der Waals surface area contributed by atoms with Crippen molar-refractivity contribution < 1.29 is 17.9 Å². The van der Waals surface area contributed by atoms with Crippen molar-refractivity contribution in [1.82, 2.24) is 5.32 Å². The van der Waals surface area contributed by atoms with E-state index in [2.05, 4.69) is 5.32 Å². The molecular weight excluding hydrogens is 350 g/mol. The fraction of sp³-hybridized carbons (Fsp3) is 0.350. The lowest BCUT2D eigenvalue weighted by molar-refractivity contribution is -0.123. The van der Waals surface area contributed by atoms with Gasteiger partial charge in [0.05, 0.1) is 11.5 Å². The molecule has 0 radical (unpaired) electrons. The van der Waals surface area contributed by atoms with Gasteiger partial charge in [-0.05, 0) is 49.1 Å². The SMILES string of the molecule is Cc1ccc(OCC(=O)NCCCS(=O)(=O)Cc2ccccc2)cc1C. The lowest BCUT2D eigenvalue weighted by atomic mass is 10.1. The van der Waals surface area contributed by atoms with Gasteiger partial charge in [-0.2, -0.15) is 0 Å². The standard InChI is InChI=1S/C20H25NO4S/c1-16-9-10-19(13-17(16)2)25-14-20(22)21-11-6-12-26(23,24)15-18-7-4-3-5-8-18/h3-5,7-10,13H,6,11-12,14-15H2,1-2H3,(H,21,22). The van der Waals surface area contributed by atoms with Crippen LogP contribution in [0.15, 0.2) is 48.5 Å². The predicted molar refractivity (Wildman–Crippen MR) is 103 cm³/mol. The van der Waals surface area contributed by atoms with Crippen molar-refractivity contribution in [1.29, 1.82) is 0 Å². The minimum absolute atomic E-state index is 0.0255. The van der Waals surface area contributed by atoms with E-state index in [1.165, 1.54) is 5.56 Å². The minimum atomic E-state index is -3.18. The van der Waals surface area contributed by atoms with E-state index in [1.807, 2.05) is 50.2 Å². The molecule has 0 aliphatic heterocycles. The summed E-state index contributed by atoms with van der Waals surface area (Å²) in [4.78, 5) is 11.8. The van der Waals surface area contributed by atoms with Crippen LogP contribution in [0.25, 0.3) is 0 Å². The number of nitrogens with one attached hydrogen (secondary N) is 1. The summed E-state index contributed by atoms with van der Waals surface area (Å²) in [6.45, 7) is 4.22. The van der Waals surface area contributed by atoms with Crippen molar-refractivity contribution in [2.24, 2.45) is 0 Å². The summed E-state index contributed by atoms with van der Waals surface area (Å²) >= 11 is 0. The number of aryl methyl sites for hydroxylation is 2. The molecule has 140 valence electrons. The number of benzene rings is 2. The molecule has 0 heterocycles. The van der Waals surface area contributed by atoms with E-state index < -0.39 is 9.84 Å². The largest absolute Gasteiger partial charge is 0.484 e. The summed E-state index contributed by atoms with van der Waals surface area (Å²) in [7, 11) is -3.18. The van der Waals surface area contributed by atoms with Crippen LogP contribution in [0.2, 0.25) is 0 Å². The van der Waals surface area contributed by atoms with Gasteiger partial charge in [-0.1, -0.05) is 36.4 Å². The average molecular weight is 375 g/mol. The molecule has 0 bridgehead atoms. The van der Waals surface area contributed by atoms with Gasteiger partial charge in [0.2, 0.25) is 0 Å². The van der Waals surface area contributed by atoms with Gasteiger partial charge in [0.15, 0.2) is 16.4 Å². The predicted octanol–water partition coefficient (Wildman–Crippen LogP) is 2.80. The number of sulfone groups is 1. The van der Waals surface area contributed by atoms with Crippen molar-refractivity contribution in [3.05, 3.63) is 65.2 Å². The zero-order chi connectivity index (χ0) is 19.0. The van der Waals surface area contributed by atoms with Gasteiger partial charge in [0.25, 0.3) is 5.91 Å². The topological polar surface area (TPSA) is 72.5 Å². The monoisotopic (exact) mass is 375 g/mol. The number of carbonyl (C=O) groups excluding carboxylic acids is 1. The van der Waals surface area contributed by atoms with Crippen LogP contribution in [0.3, 0.4) is 0 Å². The summed E-state index contributed by atoms with van der Waals surface area (Å²) < 4.78 is 29.6. The molecule has 0 fully saturated rings. The van der Waals surface area contributed by atoms with E-state index in [1.54, 1.807) is 12.1 Å². The first-order chi connectivity index (χ1) is 12.4. The molecule has 2 rings (SSSR count). The average Bonchev–Trinajstić information content (AvgIpc) is 2.60. The van der Waals surface area contributed by atoms with Crippen molar-refractivity contribution >= 4 is 15.7 Å². The second-order valence-electron chi connectivity index (χ2n) is 6.32. The molecule has 0 atom stereocenters. The summed E-state index contributed by atoms with van der Waals surface area (Å²) in [5.41, 5.74) is 3.04. The molecule has 0 saturated carbocycles. The molecule has 1 amide bonds. The molecule has 0 aliphatic carbocycles. The maximum Gasteiger partial charge on any atom is 0.257 e. The fourth-order valence-electron chi connectivity index (χ4n) is 2.42. The van der Waals surface area contributed by atoms with Crippen molar-refractivity contribution in [2.75, 3.05) is 18.9 Å². The maximum atomic E-state index is 12.1. The van der Waals surface area contributed by atoms with Crippen LogP contribution in [-0.4, -0.2) is 33.2 Å². The third-order valence-electron chi connectivity index (χ3n) is 4.03. The normalized spacial score (nSPS) is 11.2. The van der Waals surface area contributed by atoms with Crippen LogP contribution in [0.1, 0.15) is 23.1 Å². The molecule has 26 heavy (non-hydrogen) atoms. The van der Waals surface area contributed by atoms with Gasteiger partial charge in [0, 0.05) is 6.54 Å². The Morgan fingerprint density at radius 1 is 1.04 bits per heavy atom. The third kappa shape index (κ3) is 6.88. The van der Waals surface area contributed by atoms with Gasteiger partial charge in [-0.25, -0.2) is 8.42 Å². The summed E-state index contributed by atoms with van der Waals surface area (Å²) in [5, 5.41) is 2.69. The molecule has 2 aromatic rings. The second-order valence-corrected chi connectivity index (χ2v) is 8.50. The van der Waals surface area contributed by atoms with Gasteiger partial charge in [0.1, 0.15) is 5.75 Å². The van der Waals surface area contributed by atoms with Crippen molar-refractivity contribution in [2.45, 2.75) is 26.0 Å². The van der Waals surface area contributed by atoms with Gasteiger partial charge >= 0.3 is 0 Å². The smallest absolute Gasteiger partial charge is 0.257 e. The van der Waals surface area contributed by atoms with Crippen LogP contribution >= 0.6 is 0 Å². The third-order valence-corrected chi connectivity index (χ3v) is 5.72.